The zero-order valence-corrected chi connectivity index (χ0v) is 16.2. The van der Waals surface area contributed by atoms with Crippen LogP contribution in [-0.2, 0) is 12.8 Å². The van der Waals surface area contributed by atoms with Crippen LogP contribution in [0.2, 0.25) is 0 Å². The van der Waals surface area contributed by atoms with Crippen LogP contribution < -0.4 is 0 Å². The maximum absolute atomic E-state index is 6.25. The molecule has 28 heavy (non-hydrogen) atoms. The van der Waals surface area contributed by atoms with Gasteiger partial charge in [-0.25, -0.2) is 9.67 Å². The number of aromatic nitrogens is 3. The molecule has 0 unspecified atom stereocenters. The molecule has 2 aromatic heterocycles. The number of hydrogen-bond acceptors (Lipinski definition) is 4. The molecule has 1 aliphatic rings. The average Bonchev–Trinajstić information content (AvgIpc) is 3.21. The molecule has 0 amide bonds. The van der Waals surface area contributed by atoms with Gasteiger partial charge in [0.2, 0.25) is 5.89 Å². The van der Waals surface area contributed by atoms with E-state index in [2.05, 4.69) is 4.98 Å². The van der Waals surface area contributed by atoms with Crippen molar-refractivity contribution in [2.75, 3.05) is 0 Å². The summed E-state index contributed by atoms with van der Waals surface area (Å²) in [5.74, 6) is 1.53. The van der Waals surface area contributed by atoms with Gasteiger partial charge in [-0.2, -0.15) is 5.10 Å². The Balaban J connectivity index is 1.71. The number of para-hydroxylation sites is 1. The molecule has 0 saturated carbocycles. The van der Waals surface area contributed by atoms with E-state index in [1.54, 1.807) is 0 Å². The van der Waals surface area contributed by atoms with Crippen molar-refractivity contribution in [3.63, 3.8) is 0 Å². The van der Waals surface area contributed by atoms with Gasteiger partial charge in [0.25, 0.3) is 0 Å². The third-order valence-corrected chi connectivity index (χ3v) is 5.45. The molecule has 4 aromatic rings. The van der Waals surface area contributed by atoms with Gasteiger partial charge >= 0.3 is 0 Å². The summed E-state index contributed by atoms with van der Waals surface area (Å²) in [6.07, 6.45) is 6.13. The van der Waals surface area contributed by atoms with Crippen LogP contribution in [0.25, 0.3) is 28.4 Å². The molecule has 1 aliphatic carbocycles. The fourth-order valence-corrected chi connectivity index (χ4v) is 3.98. The van der Waals surface area contributed by atoms with Gasteiger partial charge in [-0.15, -0.1) is 0 Å². The van der Waals surface area contributed by atoms with Crippen molar-refractivity contribution >= 4 is 12.2 Å². The molecule has 5 rings (SSSR count). The molecule has 0 radical (unpaired) electrons. The van der Waals surface area contributed by atoms with Crippen molar-refractivity contribution in [1.82, 2.24) is 14.8 Å². The lowest BCUT2D eigenvalue weighted by Gasteiger charge is -2.14. The molecule has 2 aromatic carbocycles. The standard InChI is InChI=1S/C23H19N3OS/c28-23-18-13-7-8-14-20(18)27-22(24-23)19-15-26(17-11-5-2-6-12-17)25-21(19)16-9-3-1-4-10-16/h1-6,9-12,15H,7-8,13-14H2. The van der Waals surface area contributed by atoms with Crippen LogP contribution in [0.1, 0.15) is 24.2 Å². The Bertz CT molecular complexity index is 1180. The smallest absolute Gasteiger partial charge is 0.231 e. The van der Waals surface area contributed by atoms with Gasteiger partial charge in [0.15, 0.2) is 0 Å². The van der Waals surface area contributed by atoms with E-state index >= 15 is 0 Å². The summed E-state index contributed by atoms with van der Waals surface area (Å²) in [7, 11) is 0. The molecular weight excluding hydrogens is 366 g/mol. The Morgan fingerprint density at radius 3 is 2.39 bits per heavy atom. The van der Waals surface area contributed by atoms with E-state index in [0.717, 1.165) is 59.5 Å². The first kappa shape index (κ1) is 17.1. The molecule has 0 bridgehead atoms. The largest absolute Gasteiger partial charge is 0.442 e. The molecule has 0 atom stereocenters. The molecule has 0 fully saturated rings. The lowest BCUT2D eigenvalue weighted by Crippen LogP contribution is -2.05. The van der Waals surface area contributed by atoms with Gasteiger partial charge in [0.1, 0.15) is 16.1 Å². The fourth-order valence-electron chi connectivity index (χ4n) is 3.68. The predicted octanol–water partition coefficient (Wildman–Crippen LogP) is 5.80. The topological polar surface area (TPSA) is 43.9 Å². The van der Waals surface area contributed by atoms with E-state index in [0.29, 0.717) is 10.5 Å². The zero-order valence-electron chi connectivity index (χ0n) is 15.3. The van der Waals surface area contributed by atoms with Gasteiger partial charge in [-0.1, -0.05) is 60.7 Å². The summed E-state index contributed by atoms with van der Waals surface area (Å²) in [6.45, 7) is 0. The first-order valence-corrected chi connectivity index (χ1v) is 9.94. The number of hydrogen-bond donors (Lipinski definition) is 0. The van der Waals surface area contributed by atoms with E-state index in [9.17, 15) is 0 Å². The Morgan fingerprint density at radius 1 is 0.893 bits per heavy atom. The fraction of sp³-hybridized carbons (Fsp3) is 0.174. The van der Waals surface area contributed by atoms with Crippen LogP contribution in [0.3, 0.4) is 0 Å². The first-order valence-electron chi connectivity index (χ1n) is 9.53. The van der Waals surface area contributed by atoms with E-state index < -0.39 is 0 Å². The van der Waals surface area contributed by atoms with Crippen LogP contribution in [0.15, 0.2) is 71.3 Å². The van der Waals surface area contributed by atoms with Gasteiger partial charge in [0, 0.05) is 23.7 Å². The number of nitrogens with zero attached hydrogens (tertiary/aromatic N) is 3. The van der Waals surface area contributed by atoms with Crippen LogP contribution in [0.4, 0.5) is 0 Å². The molecule has 138 valence electrons. The van der Waals surface area contributed by atoms with Crippen LogP contribution in [-0.4, -0.2) is 14.8 Å². The Morgan fingerprint density at radius 2 is 1.61 bits per heavy atom. The Kier molecular flexibility index (Phi) is 4.37. The highest BCUT2D eigenvalue weighted by atomic mass is 32.1. The molecule has 4 nitrogen and oxygen atoms in total. The third kappa shape index (κ3) is 3.08. The quantitative estimate of drug-likeness (QED) is 0.418. The second-order valence-corrected chi connectivity index (χ2v) is 7.36. The van der Waals surface area contributed by atoms with Crippen LogP contribution in [0, 0.1) is 4.64 Å². The minimum Gasteiger partial charge on any atom is -0.442 e. The third-order valence-electron chi connectivity index (χ3n) is 5.11. The van der Waals surface area contributed by atoms with Gasteiger partial charge < -0.3 is 4.42 Å². The maximum atomic E-state index is 6.25. The minimum absolute atomic E-state index is 0.548. The SMILES string of the molecule is S=c1nc(-c2cn(-c3ccccc3)nc2-c2ccccc2)oc2c1CCCC2. The normalized spacial score (nSPS) is 13.3. The van der Waals surface area contributed by atoms with Gasteiger partial charge in [-0.05, 0) is 31.4 Å². The molecular formula is C23H19N3OS. The number of benzene rings is 2. The van der Waals surface area contributed by atoms with Crippen molar-refractivity contribution in [3.8, 4) is 28.4 Å². The highest BCUT2D eigenvalue weighted by molar-refractivity contribution is 7.71. The van der Waals surface area contributed by atoms with Gasteiger partial charge in [0.05, 0.1) is 11.3 Å². The number of aryl methyl sites for hydroxylation is 1. The molecule has 0 N–H and O–H groups in total. The van der Waals surface area contributed by atoms with Gasteiger partial charge in [-0.3, -0.25) is 0 Å². The van der Waals surface area contributed by atoms with Crippen molar-refractivity contribution in [1.29, 1.82) is 0 Å². The Labute approximate surface area is 168 Å². The summed E-state index contributed by atoms with van der Waals surface area (Å²) in [5.41, 5.74) is 4.80. The number of fused-ring (bicyclic) bond motifs is 1. The zero-order chi connectivity index (χ0) is 18.9. The van der Waals surface area contributed by atoms with E-state index in [1.165, 1.54) is 0 Å². The second kappa shape index (κ2) is 7.17. The summed E-state index contributed by atoms with van der Waals surface area (Å²) >= 11 is 5.59. The lowest BCUT2D eigenvalue weighted by molar-refractivity contribution is 0.449. The first-order chi connectivity index (χ1) is 13.8. The molecule has 2 heterocycles. The van der Waals surface area contributed by atoms with Crippen molar-refractivity contribution in [2.45, 2.75) is 25.7 Å². The van der Waals surface area contributed by atoms with E-state index in [4.69, 9.17) is 21.7 Å². The lowest BCUT2D eigenvalue weighted by atomic mass is 9.98. The Hall–Kier alpha value is -3.05. The van der Waals surface area contributed by atoms with Crippen LogP contribution >= 0.6 is 12.2 Å². The highest BCUT2D eigenvalue weighted by Crippen LogP contribution is 2.33. The molecule has 0 aliphatic heterocycles. The highest BCUT2D eigenvalue weighted by Gasteiger charge is 2.21. The predicted molar refractivity (Wildman–Crippen MR) is 112 cm³/mol. The average molecular weight is 385 g/mol. The van der Waals surface area contributed by atoms with Crippen molar-refractivity contribution in [2.24, 2.45) is 0 Å². The van der Waals surface area contributed by atoms with Crippen molar-refractivity contribution in [3.05, 3.63) is 82.8 Å². The van der Waals surface area contributed by atoms with E-state index in [1.807, 2.05) is 71.5 Å². The summed E-state index contributed by atoms with van der Waals surface area (Å²) < 4.78 is 8.77. The number of rotatable bonds is 3. The molecule has 0 saturated heterocycles. The minimum atomic E-state index is 0.548. The summed E-state index contributed by atoms with van der Waals surface area (Å²) in [5, 5.41) is 4.85. The second-order valence-electron chi connectivity index (χ2n) is 6.97. The summed E-state index contributed by atoms with van der Waals surface area (Å²) in [4.78, 5) is 4.64. The van der Waals surface area contributed by atoms with Crippen molar-refractivity contribution < 1.29 is 4.42 Å². The summed E-state index contributed by atoms with van der Waals surface area (Å²) in [6, 6.07) is 20.2. The van der Waals surface area contributed by atoms with Crippen LogP contribution in [0.5, 0.6) is 0 Å². The molecule has 0 spiro atoms. The molecule has 5 heteroatoms. The monoisotopic (exact) mass is 385 g/mol. The maximum Gasteiger partial charge on any atom is 0.231 e. The van der Waals surface area contributed by atoms with E-state index in [-0.39, 0.29) is 0 Å².